The Kier molecular flexibility index (Phi) is 11.5. The first-order chi connectivity index (χ1) is 22.0. The first-order valence-electron chi connectivity index (χ1n) is 15.2. The summed E-state index contributed by atoms with van der Waals surface area (Å²) in [6.07, 6.45) is 0.213. The van der Waals surface area contributed by atoms with Gasteiger partial charge in [-0.3, -0.25) is 13.9 Å². The van der Waals surface area contributed by atoms with Gasteiger partial charge >= 0.3 is 0 Å². The second kappa shape index (κ2) is 15.5. The van der Waals surface area contributed by atoms with Crippen molar-refractivity contribution in [2.24, 2.45) is 0 Å². The Hall–Kier alpha value is -4.70. The van der Waals surface area contributed by atoms with Crippen molar-refractivity contribution in [3.63, 3.8) is 0 Å². The average molecular weight is 646 g/mol. The highest BCUT2D eigenvalue weighted by atomic mass is 32.2. The number of rotatable bonds is 14. The Morgan fingerprint density at radius 2 is 1.48 bits per heavy atom. The van der Waals surface area contributed by atoms with Crippen LogP contribution < -0.4 is 14.4 Å². The normalized spacial score (nSPS) is 12.0. The average Bonchev–Trinajstić information content (AvgIpc) is 3.03. The van der Waals surface area contributed by atoms with Crippen LogP contribution in [0.4, 0.5) is 10.1 Å². The van der Waals surface area contributed by atoms with Crippen molar-refractivity contribution < 1.29 is 27.1 Å². The van der Waals surface area contributed by atoms with Gasteiger partial charge in [0.2, 0.25) is 11.8 Å². The van der Waals surface area contributed by atoms with Crippen LogP contribution in [0.2, 0.25) is 0 Å². The molecule has 4 aromatic carbocycles. The van der Waals surface area contributed by atoms with Crippen molar-refractivity contribution in [2.75, 3.05) is 17.5 Å². The van der Waals surface area contributed by atoms with E-state index >= 15 is 0 Å². The van der Waals surface area contributed by atoms with Crippen LogP contribution in [-0.2, 0) is 32.6 Å². The topological polar surface area (TPSA) is 96.0 Å². The van der Waals surface area contributed by atoms with E-state index in [-0.39, 0.29) is 35.5 Å². The Morgan fingerprint density at radius 1 is 0.848 bits per heavy atom. The molecule has 4 aromatic rings. The molecule has 0 heterocycles. The third kappa shape index (κ3) is 8.94. The standard InChI is InChI=1S/C36H40FN3O5S/c1-5-45-32-19-17-31(18-20-32)40(46(43,44)33-21-15-30(37)16-22-33)25-35(41)39(24-29-13-11-27(4)12-14-29)34(36(42)38-26(2)3)23-28-9-7-6-8-10-28/h6-22,26,34H,5,23-25H2,1-4H3,(H,38,42)/t34-/m0/s1. The zero-order chi connectivity index (χ0) is 33.3. The van der Waals surface area contributed by atoms with E-state index in [4.69, 9.17) is 4.74 Å². The molecule has 0 aliphatic rings. The molecule has 4 rings (SSSR count). The molecule has 0 saturated heterocycles. The second-order valence-electron chi connectivity index (χ2n) is 11.3. The lowest BCUT2D eigenvalue weighted by Gasteiger charge is -2.34. The first kappa shape index (κ1) is 34.2. The highest BCUT2D eigenvalue weighted by Gasteiger charge is 2.35. The smallest absolute Gasteiger partial charge is 0.264 e. The summed E-state index contributed by atoms with van der Waals surface area (Å²) in [5.41, 5.74) is 2.87. The van der Waals surface area contributed by atoms with E-state index in [1.54, 1.807) is 24.3 Å². The number of amides is 2. The summed E-state index contributed by atoms with van der Waals surface area (Å²) in [5, 5.41) is 2.94. The summed E-state index contributed by atoms with van der Waals surface area (Å²) < 4.78 is 48.4. The number of ether oxygens (including phenoxy) is 1. The summed E-state index contributed by atoms with van der Waals surface area (Å²) in [6.45, 7) is 7.34. The molecule has 0 aliphatic heterocycles. The lowest BCUT2D eigenvalue weighted by atomic mass is 10.0. The zero-order valence-corrected chi connectivity index (χ0v) is 27.3. The molecular formula is C36H40FN3O5S. The van der Waals surface area contributed by atoms with Gasteiger partial charge < -0.3 is 15.0 Å². The number of hydrogen-bond acceptors (Lipinski definition) is 5. The Balaban J connectivity index is 1.80. The summed E-state index contributed by atoms with van der Waals surface area (Å²) in [4.78, 5) is 29.5. The zero-order valence-electron chi connectivity index (χ0n) is 26.5. The number of anilines is 1. The van der Waals surface area contributed by atoms with Crippen LogP contribution in [0.25, 0.3) is 0 Å². The third-order valence-electron chi connectivity index (χ3n) is 7.29. The van der Waals surface area contributed by atoms with Crippen LogP contribution in [0.15, 0.2) is 108 Å². The SMILES string of the molecule is CCOc1ccc(N(CC(=O)N(Cc2ccc(C)cc2)[C@@H](Cc2ccccc2)C(=O)NC(C)C)S(=O)(=O)c2ccc(F)cc2)cc1. The fourth-order valence-corrected chi connectivity index (χ4v) is 6.38. The van der Waals surface area contributed by atoms with Gasteiger partial charge in [-0.05, 0) is 87.4 Å². The van der Waals surface area contributed by atoms with E-state index in [9.17, 15) is 22.4 Å². The van der Waals surface area contributed by atoms with Crippen LogP contribution in [0.3, 0.4) is 0 Å². The van der Waals surface area contributed by atoms with Crippen molar-refractivity contribution in [2.45, 2.75) is 57.6 Å². The van der Waals surface area contributed by atoms with Crippen molar-refractivity contribution >= 4 is 27.5 Å². The van der Waals surface area contributed by atoms with Crippen LogP contribution >= 0.6 is 0 Å². The molecule has 0 unspecified atom stereocenters. The maximum Gasteiger partial charge on any atom is 0.264 e. The predicted molar refractivity (Wildman–Crippen MR) is 177 cm³/mol. The molecule has 46 heavy (non-hydrogen) atoms. The molecule has 1 atom stereocenters. The van der Waals surface area contributed by atoms with Crippen molar-refractivity contribution in [1.82, 2.24) is 10.2 Å². The number of aryl methyl sites for hydroxylation is 1. The number of sulfonamides is 1. The van der Waals surface area contributed by atoms with E-state index in [1.807, 2.05) is 82.3 Å². The maximum absolute atomic E-state index is 14.5. The third-order valence-corrected chi connectivity index (χ3v) is 9.08. The number of nitrogens with zero attached hydrogens (tertiary/aromatic N) is 2. The van der Waals surface area contributed by atoms with Gasteiger partial charge in [0.05, 0.1) is 17.2 Å². The highest BCUT2D eigenvalue weighted by molar-refractivity contribution is 7.92. The Bertz CT molecular complexity index is 1700. The maximum atomic E-state index is 14.5. The number of carbonyl (C=O) groups is 2. The van der Waals surface area contributed by atoms with E-state index in [0.29, 0.717) is 12.4 Å². The van der Waals surface area contributed by atoms with E-state index in [2.05, 4.69) is 5.32 Å². The quantitative estimate of drug-likeness (QED) is 0.185. The fraction of sp³-hybridized carbons (Fsp3) is 0.278. The molecule has 0 bridgehead atoms. The van der Waals surface area contributed by atoms with Crippen molar-refractivity contribution in [3.05, 3.63) is 126 Å². The number of benzene rings is 4. The molecule has 0 aromatic heterocycles. The predicted octanol–water partition coefficient (Wildman–Crippen LogP) is 5.89. The van der Waals surface area contributed by atoms with E-state index < -0.39 is 34.3 Å². The molecular weight excluding hydrogens is 605 g/mol. The molecule has 0 aliphatic carbocycles. The van der Waals surface area contributed by atoms with E-state index in [1.165, 1.54) is 4.90 Å². The molecule has 0 spiro atoms. The van der Waals surface area contributed by atoms with Gasteiger partial charge in [0.25, 0.3) is 10.0 Å². The number of carbonyl (C=O) groups excluding carboxylic acids is 2. The molecule has 10 heteroatoms. The summed E-state index contributed by atoms with van der Waals surface area (Å²) in [5.74, 6) is -0.994. The van der Waals surface area contributed by atoms with Gasteiger partial charge in [0.15, 0.2) is 0 Å². The molecule has 1 N–H and O–H groups in total. The number of halogens is 1. The Labute approximate surface area is 270 Å². The molecule has 2 amide bonds. The van der Waals surface area contributed by atoms with Gasteiger partial charge in [-0.2, -0.15) is 0 Å². The van der Waals surface area contributed by atoms with Crippen LogP contribution in [0, 0.1) is 12.7 Å². The number of nitrogens with one attached hydrogen (secondary N) is 1. The minimum absolute atomic E-state index is 0.0653. The van der Waals surface area contributed by atoms with Crippen molar-refractivity contribution in [3.8, 4) is 5.75 Å². The molecule has 0 fully saturated rings. The van der Waals surface area contributed by atoms with Gasteiger partial charge in [-0.1, -0.05) is 60.2 Å². The first-order valence-corrected chi connectivity index (χ1v) is 16.6. The lowest BCUT2D eigenvalue weighted by Crippen LogP contribution is -2.54. The molecule has 0 radical (unpaired) electrons. The lowest BCUT2D eigenvalue weighted by molar-refractivity contribution is -0.140. The second-order valence-corrected chi connectivity index (χ2v) is 13.1. The van der Waals surface area contributed by atoms with Crippen LogP contribution in [-0.4, -0.2) is 50.4 Å². The minimum atomic E-state index is -4.35. The summed E-state index contributed by atoms with van der Waals surface area (Å²) in [6, 6.07) is 26.6. The minimum Gasteiger partial charge on any atom is -0.494 e. The van der Waals surface area contributed by atoms with Gasteiger partial charge in [-0.25, -0.2) is 12.8 Å². The van der Waals surface area contributed by atoms with Crippen LogP contribution in [0.5, 0.6) is 5.75 Å². The number of hydrogen-bond donors (Lipinski definition) is 1. The Morgan fingerprint density at radius 3 is 2.07 bits per heavy atom. The van der Waals surface area contributed by atoms with Crippen LogP contribution in [0.1, 0.15) is 37.5 Å². The summed E-state index contributed by atoms with van der Waals surface area (Å²) in [7, 11) is -4.35. The van der Waals surface area contributed by atoms with E-state index in [0.717, 1.165) is 45.3 Å². The fourth-order valence-electron chi connectivity index (χ4n) is 4.96. The monoisotopic (exact) mass is 645 g/mol. The molecule has 8 nitrogen and oxygen atoms in total. The molecule has 0 saturated carbocycles. The van der Waals surface area contributed by atoms with Gasteiger partial charge in [-0.15, -0.1) is 0 Å². The van der Waals surface area contributed by atoms with Gasteiger partial charge in [0, 0.05) is 19.0 Å². The van der Waals surface area contributed by atoms with Crippen molar-refractivity contribution in [1.29, 1.82) is 0 Å². The van der Waals surface area contributed by atoms with Gasteiger partial charge in [0.1, 0.15) is 24.2 Å². The largest absolute Gasteiger partial charge is 0.494 e. The summed E-state index contributed by atoms with van der Waals surface area (Å²) >= 11 is 0. The molecule has 242 valence electrons. The highest BCUT2D eigenvalue weighted by Crippen LogP contribution is 2.27.